The van der Waals surface area contributed by atoms with Gasteiger partial charge in [-0.2, -0.15) is 0 Å². The number of nitrogens with zero attached hydrogens (tertiary/aromatic N) is 3. The third-order valence-electron chi connectivity index (χ3n) is 4.15. The predicted octanol–water partition coefficient (Wildman–Crippen LogP) is -0.310. The summed E-state index contributed by atoms with van der Waals surface area (Å²) in [7, 11) is 2.96. The second-order valence-corrected chi connectivity index (χ2v) is 5.49. The maximum absolute atomic E-state index is 11.9. The minimum atomic E-state index is -0.438. The van der Waals surface area contributed by atoms with Crippen LogP contribution in [-0.2, 0) is 14.1 Å². The summed E-state index contributed by atoms with van der Waals surface area (Å²) in [5, 5.41) is 16.4. The number of aryl methyl sites for hydroxylation is 1. The predicted molar refractivity (Wildman–Crippen MR) is 75.7 cm³/mol. The summed E-state index contributed by atoms with van der Waals surface area (Å²) < 4.78 is 2.19. The molecule has 1 aliphatic rings. The van der Waals surface area contributed by atoms with Crippen LogP contribution in [0.1, 0.15) is 25.7 Å². The minimum Gasteiger partial charge on any atom is -0.396 e. The molecule has 0 spiro atoms. The smallest absolute Gasteiger partial charge is 0.346 e. The van der Waals surface area contributed by atoms with Crippen molar-refractivity contribution in [1.82, 2.24) is 14.3 Å². The molecule has 1 saturated carbocycles. The van der Waals surface area contributed by atoms with Gasteiger partial charge in [0.25, 0.3) is 5.56 Å². The Kier molecular flexibility index (Phi) is 4.59. The van der Waals surface area contributed by atoms with Crippen molar-refractivity contribution in [2.75, 3.05) is 18.5 Å². The molecule has 0 saturated heterocycles. The number of aliphatic hydroxyl groups excluding tert-OH is 1. The first-order chi connectivity index (χ1) is 9.54. The van der Waals surface area contributed by atoms with Crippen molar-refractivity contribution in [3.63, 3.8) is 0 Å². The summed E-state index contributed by atoms with van der Waals surface area (Å²) in [4.78, 5) is 23.5. The van der Waals surface area contributed by atoms with E-state index in [1.807, 2.05) is 0 Å². The number of aliphatic hydroxyl groups is 1. The Balaban J connectivity index is 2.11. The Morgan fingerprint density at radius 3 is 2.55 bits per heavy atom. The summed E-state index contributed by atoms with van der Waals surface area (Å²) >= 11 is 0. The van der Waals surface area contributed by atoms with Gasteiger partial charge in [-0.3, -0.25) is 9.36 Å². The van der Waals surface area contributed by atoms with E-state index >= 15 is 0 Å². The number of aromatic nitrogens is 3. The molecule has 1 heterocycles. The van der Waals surface area contributed by atoms with Gasteiger partial charge in [-0.15, -0.1) is 5.10 Å². The van der Waals surface area contributed by atoms with Crippen LogP contribution in [0.5, 0.6) is 0 Å². The van der Waals surface area contributed by atoms with Crippen LogP contribution in [0.2, 0.25) is 0 Å². The van der Waals surface area contributed by atoms with Gasteiger partial charge in [-0.25, -0.2) is 9.48 Å². The highest BCUT2D eigenvalue weighted by molar-refractivity contribution is 5.29. The molecule has 1 aliphatic carbocycles. The molecule has 1 aromatic rings. The zero-order chi connectivity index (χ0) is 14.7. The molecule has 1 aromatic heterocycles. The molecule has 2 atom stereocenters. The Morgan fingerprint density at radius 1 is 1.25 bits per heavy atom. The van der Waals surface area contributed by atoms with E-state index in [1.54, 1.807) is 0 Å². The highest BCUT2D eigenvalue weighted by atomic mass is 16.3. The van der Waals surface area contributed by atoms with Gasteiger partial charge in [-0.1, -0.05) is 12.8 Å². The first-order valence-electron chi connectivity index (χ1n) is 7.03. The SMILES string of the molecule is Cn1nc(NCC2CCCCC2CO)c(=O)n(C)c1=O. The van der Waals surface area contributed by atoms with Crippen molar-refractivity contribution in [2.24, 2.45) is 25.9 Å². The van der Waals surface area contributed by atoms with Gasteiger partial charge in [0.2, 0.25) is 5.82 Å². The number of anilines is 1. The second-order valence-electron chi connectivity index (χ2n) is 5.49. The van der Waals surface area contributed by atoms with E-state index in [4.69, 9.17) is 0 Å². The van der Waals surface area contributed by atoms with E-state index in [1.165, 1.54) is 14.1 Å². The molecule has 0 radical (unpaired) electrons. The maximum Gasteiger partial charge on any atom is 0.346 e. The second kappa shape index (κ2) is 6.21. The topological polar surface area (TPSA) is 89.2 Å². The van der Waals surface area contributed by atoms with E-state index in [0.29, 0.717) is 12.5 Å². The third-order valence-corrected chi connectivity index (χ3v) is 4.15. The van der Waals surface area contributed by atoms with Crippen molar-refractivity contribution in [3.8, 4) is 0 Å². The Hall–Kier alpha value is -1.63. The molecular formula is C13H22N4O3. The zero-order valence-corrected chi connectivity index (χ0v) is 12.0. The maximum atomic E-state index is 11.9. The van der Waals surface area contributed by atoms with Gasteiger partial charge in [-0.05, 0) is 24.7 Å². The molecule has 0 amide bonds. The lowest BCUT2D eigenvalue weighted by molar-refractivity contribution is 0.141. The van der Waals surface area contributed by atoms with Gasteiger partial charge in [0, 0.05) is 27.2 Å². The lowest BCUT2D eigenvalue weighted by Crippen LogP contribution is -2.40. The lowest BCUT2D eigenvalue weighted by Gasteiger charge is -2.30. The Labute approximate surface area is 117 Å². The zero-order valence-electron chi connectivity index (χ0n) is 12.0. The van der Waals surface area contributed by atoms with Crippen molar-refractivity contribution in [1.29, 1.82) is 0 Å². The van der Waals surface area contributed by atoms with E-state index < -0.39 is 11.2 Å². The first-order valence-corrected chi connectivity index (χ1v) is 7.03. The van der Waals surface area contributed by atoms with Gasteiger partial charge in [0.15, 0.2) is 0 Å². The molecule has 2 rings (SSSR count). The monoisotopic (exact) mass is 282 g/mol. The van der Waals surface area contributed by atoms with Crippen LogP contribution in [0.15, 0.2) is 9.59 Å². The number of nitrogens with one attached hydrogen (secondary N) is 1. The average molecular weight is 282 g/mol. The van der Waals surface area contributed by atoms with Crippen molar-refractivity contribution >= 4 is 5.82 Å². The summed E-state index contributed by atoms with van der Waals surface area (Å²) in [5.41, 5.74) is -0.851. The summed E-state index contributed by atoms with van der Waals surface area (Å²) in [6.07, 6.45) is 4.38. The fourth-order valence-corrected chi connectivity index (χ4v) is 2.83. The van der Waals surface area contributed by atoms with E-state index in [9.17, 15) is 14.7 Å². The first kappa shape index (κ1) is 14.8. The van der Waals surface area contributed by atoms with Gasteiger partial charge < -0.3 is 10.4 Å². The lowest BCUT2D eigenvalue weighted by atomic mass is 9.79. The van der Waals surface area contributed by atoms with Crippen LogP contribution in [0, 0.1) is 11.8 Å². The molecule has 2 unspecified atom stereocenters. The minimum absolute atomic E-state index is 0.186. The van der Waals surface area contributed by atoms with Crippen molar-refractivity contribution in [2.45, 2.75) is 25.7 Å². The van der Waals surface area contributed by atoms with Crippen LogP contribution >= 0.6 is 0 Å². The van der Waals surface area contributed by atoms with Gasteiger partial charge in [0.05, 0.1) is 0 Å². The molecule has 7 nitrogen and oxygen atoms in total. The number of hydrogen-bond donors (Lipinski definition) is 2. The highest BCUT2D eigenvalue weighted by Gasteiger charge is 2.24. The van der Waals surface area contributed by atoms with Crippen LogP contribution < -0.4 is 16.6 Å². The molecule has 112 valence electrons. The number of hydrogen-bond acceptors (Lipinski definition) is 5. The molecule has 0 aromatic carbocycles. The Bertz CT molecular complexity index is 578. The van der Waals surface area contributed by atoms with E-state index in [0.717, 1.165) is 34.9 Å². The largest absolute Gasteiger partial charge is 0.396 e. The molecule has 7 heteroatoms. The fourth-order valence-electron chi connectivity index (χ4n) is 2.83. The standard InChI is InChI=1S/C13H22N4O3/c1-16-12(19)11(15-17(2)13(16)20)14-7-9-5-3-4-6-10(9)8-18/h9-10,18H,3-8H2,1-2H3,(H,14,15). The van der Waals surface area contributed by atoms with E-state index in [-0.39, 0.29) is 18.3 Å². The number of rotatable bonds is 4. The van der Waals surface area contributed by atoms with Crippen LogP contribution in [0.4, 0.5) is 5.82 Å². The highest BCUT2D eigenvalue weighted by Crippen LogP contribution is 2.29. The summed E-state index contributed by atoms with van der Waals surface area (Å²) in [6, 6.07) is 0. The summed E-state index contributed by atoms with van der Waals surface area (Å²) in [6.45, 7) is 0.788. The molecule has 0 bridgehead atoms. The van der Waals surface area contributed by atoms with E-state index in [2.05, 4.69) is 10.4 Å². The van der Waals surface area contributed by atoms with Gasteiger partial charge in [0.1, 0.15) is 0 Å². The van der Waals surface area contributed by atoms with Crippen molar-refractivity contribution < 1.29 is 5.11 Å². The molecule has 20 heavy (non-hydrogen) atoms. The van der Waals surface area contributed by atoms with Gasteiger partial charge >= 0.3 is 5.69 Å². The molecule has 2 N–H and O–H groups in total. The average Bonchev–Trinajstić information content (AvgIpc) is 2.47. The third kappa shape index (κ3) is 2.92. The molecule has 0 aliphatic heterocycles. The van der Waals surface area contributed by atoms with Crippen LogP contribution in [0.3, 0.4) is 0 Å². The van der Waals surface area contributed by atoms with Crippen LogP contribution in [-0.4, -0.2) is 32.6 Å². The normalized spacial score (nSPS) is 22.8. The van der Waals surface area contributed by atoms with Crippen molar-refractivity contribution in [3.05, 3.63) is 20.8 Å². The fraction of sp³-hybridized carbons (Fsp3) is 0.769. The van der Waals surface area contributed by atoms with Crippen LogP contribution in [0.25, 0.3) is 0 Å². The Morgan fingerprint density at radius 2 is 1.90 bits per heavy atom. The molecule has 1 fully saturated rings. The summed E-state index contributed by atoms with van der Waals surface area (Å²) in [5.74, 6) is 0.821. The quantitative estimate of drug-likeness (QED) is 0.791. The molecular weight excluding hydrogens is 260 g/mol.